The van der Waals surface area contributed by atoms with Gasteiger partial charge in [-0.3, -0.25) is 9.78 Å². The second kappa shape index (κ2) is 8.66. The van der Waals surface area contributed by atoms with E-state index in [0.29, 0.717) is 25.4 Å². The second-order valence-corrected chi connectivity index (χ2v) is 6.61. The lowest BCUT2D eigenvalue weighted by Gasteiger charge is -2.33. The zero-order valence-electron chi connectivity index (χ0n) is 14.9. The molecule has 0 aliphatic carbocycles. The predicted molar refractivity (Wildman–Crippen MR) is 93.4 cm³/mol. The topological polar surface area (TPSA) is 65.5 Å². The van der Waals surface area contributed by atoms with E-state index in [9.17, 15) is 9.59 Å². The zero-order valence-corrected chi connectivity index (χ0v) is 14.9. The SMILES string of the molecule is CC[C@H](NC(=O)N1CCC(CC(=O)N(C)C)CC1)c1ccncc1. The molecule has 0 radical (unpaired) electrons. The lowest BCUT2D eigenvalue weighted by Crippen LogP contribution is -2.46. The number of carbonyl (C=O) groups is 2. The van der Waals surface area contributed by atoms with E-state index in [1.807, 2.05) is 17.0 Å². The van der Waals surface area contributed by atoms with Crippen molar-refractivity contribution in [2.75, 3.05) is 27.2 Å². The van der Waals surface area contributed by atoms with Crippen molar-refractivity contribution in [3.63, 3.8) is 0 Å². The molecule has 1 aliphatic rings. The van der Waals surface area contributed by atoms with Crippen LogP contribution < -0.4 is 5.32 Å². The molecule has 1 fully saturated rings. The Morgan fingerprint density at radius 2 is 1.92 bits per heavy atom. The molecule has 1 aromatic rings. The molecule has 1 aromatic heterocycles. The molecule has 2 rings (SSSR count). The Balaban J connectivity index is 1.83. The fraction of sp³-hybridized carbons (Fsp3) is 0.611. The van der Waals surface area contributed by atoms with Gasteiger partial charge in [0.25, 0.3) is 0 Å². The van der Waals surface area contributed by atoms with Crippen molar-refractivity contribution in [2.45, 2.75) is 38.6 Å². The molecule has 1 N–H and O–H groups in total. The van der Waals surface area contributed by atoms with E-state index in [-0.39, 0.29) is 18.0 Å². The predicted octanol–water partition coefficient (Wildman–Crippen LogP) is 2.43. The first-order valence-electron chi connectivity index (χ1n) is 8.66. The Morgan fingerprint density at radius 1 is 1.29 bits per heavy atom. The van der Waals surface area contributed by atoms with Crippen molar-refractivity contribution < 1.29 is 9.59 Å². The fourth-order valence-electron chi connectivity index (χ4n) is 3.03. The Hall–Kier alpha value is -2.11. The van der Waals surface area contributed by atoms with E-state index in [0.717, 1.165) is 24.8 Å². The lowest BCUT2D eigenvalue weighted by molar-refractivity contribution is -0.129. The second-order valence-electron chi connectivity index (χ2n) is 6.61. The van der Waals surface area contributed by atoms with E-state index in [2.05, 4.69) is 17.2 Å². The van der Waals surface area contributed by atoms with E-state index < -0.39 is 0 Å². The third-order valence-electron chi connectivity index (χ3n) is 4.68. The molecular weight excluding hydrogens is 304 g/mol. The highest BCUT2D eigenvalue weighted by atomic mass is 16.2. The molecule has 0 bridgehead atoms. The number of rotatable bonds is 5. The molecule has 1 aliphatic heterocycles. The van der Waals surface area contributed by atoms with Crippen LogP contribution in [0, 0.1) is 5.92 Å². The van der Waals surface area contributed by atoms with Crippen molar-refractivity contribution >= 4 is 11.9 Å². The minimum atomic E-state index is -0.0175. The average Bonchev–Trinajstić information content (AvgIpc) is 2.60. The fourth-order valence-corrected chi connectivity index (χ4v) is 3.03. The van der Waals surface area contributed by atoms with Crippen molar-refractivity contribution in [3.8, 4) is 0 Å². The summed E-state index contributed by atoms with van der Waals surface area (Å²) >= 11 is 0. The normalized spacial score (nSPS) is 16.5. The van der Waals surface area contributed by atoms with Crippen LogP contribution in [-0.4, -0.2) is 53.9 Å². The van der Waals surface area contributed by atoms with Crippen molar-refractivity contribution in [2.24, 2.45) is 5.92 Å². The van der Waals surface area contributed by atoms with Gasteiger partial charge in [-0.2, -0.15) is 0 Å². The Bertz CT molecular complexity index is 539. The molecule has 3 amide bonds. The molecule has 6 heteroatoms. The quantitative estimate of drug-likeness (QED) is 0.900. The van der Waals surface area contributed by atoms with Gasteiger partial charge in [-0.05, 0) is 42.9 Å². The third-order valence-corrected chi connectivity index (χ3v) is 4.68. The van der Waals surface area contributed by atoms with Crippen LogP contribution in [0.1, 0.15) is 44.2 Å². The Kier molecular flexibility index (Phi) is 6.58. The summed E-state index contributed by atoms with van der Waals surface area (Å²) < 4.78 is 0. The highest BCUT2D eigenvalue weighted by Crippen LogP contribution is 2.22. The van der Waals surface area contributed by atoms with Crippen molar-refractivity contribution in [1.82, 2.24) is 20.1 Å². The number of likely N-dealkylation sites (tertiary alicyclic amines) is 1. The van der Waals surface area contributed by atoms with E-state index in [1.54, 1.807) is 31.4 Å². The number of urea groups is 1. The molecule has 2 heterocycles. The number of carbonyl (C=O) groups excluding carboxylic acids is 2. The van der Waals surface area contributed by atoms with Gasteiger partial charge in [-0.1, -0.05) is 6.92 Å². The smallest absolute Gasteiger partial charge is 0.317 e. The maximum absolute atomic E-state index is 12.5. The van der Waals surface area contributed by atoms with Gasteiger partial charge in [0.15, 0.2) is 0 Å². The van der Waals surface area contributed by atoms with Gasteiger partial charge in [-0.25, -0.2) is 4.79 Å². The van der Waals surface area contributed by atoms with E-state index in [4.69, 9.17) is 0 Å². The van der Waals surface area contributed by atoms with Gasteiger partial charge >= 0.3 is 6.03 Å². The van der Waals surface area contributed by atoms with Crippen LogP contribution in [0.2, 0.25) is 0 Å². The first kappa shape index (κ1) is 18.2. The summed E-state index contributed by atoms with van der Waals surface area (Å²) in [6.45, 7) is 3.48. The summed E-state index contributed by atoms with van der Waals surface area (Å²) in [5.74, 6) is 0.549. The summed E-state index contributed by atoms with van der Waals surface area (Å²) in [7, 11) is 3.57. The molecule has 0 unspecified atom stereocenters. The maximum Gasteiger partial charge on any atom is 0.317 e. The number of aromatic nitrogens is 1. The standard InChI is InChI=1S/C18H28N4O2/c1-4-16(15-5-9-19-10-6-15)20-18(24)22-11-7-14(8-12-22)13-17(23)21(2)3/h5-6,9-10,14,16H,4,7-8,11-13H2,1-3H3,(H,20,24)/t16-/m0/s1. The summed E-state index contributed by atoms with van der Waals surface area (Å²) in [5.41, 5.74) is 1.08. The molecule has 0 saturated carbocycles. The van der Waals surface area contributed by atoms with Crippen LogP contribution in [0.4, 0.5) is 4.79 Å². The van der Waals surface area contributed by atoms with E-state index >= 15 is 0 Å². The van der Waals surface area contributed by atoms with Crippen molar-refractivity contribution in [3.05, 3.63) is 30.1 Å². The number of nitrogens with zero attached hydrogens (tertiary/aromatic N) is 3. The Labute approximate surface area is 144 Å². The maximum atomic E-state index is 12.5. The number of piperidine rings is 1. The average molecular weight is 332 g/mol. The lowest BCUT2D eigenvalue weighted by atomic mass is 9.93. The minimum Gasteiger partial charge on any atom is -0.349 e. The number of nitrogens with one attached hydrogen (secondary N) is 1. The number of hydrogen-bond acceptors (Lipinski definition) is 3. The monoisotopic (exact) mass is 332 g/mol. The first-order valence-corrected chi connectivity index (χ1v) is 8.66. The summed E-state index contributed by atoms with van der Waals surface area (Å²) in [6, 6.07) is 3.87. The summed E-state index contributed by atoms with van der Waals surface area (Å²) in [6.07, 6.45) is 6.69. The highest BCUT2D eigenvalue weighted by Gasteiger charge is 2.26. The van der Waals surface area contributed by atoms with Gasteiger partial charge in [-0.15, -0.1) is 0 Å². The minimum absolute atomic E-state index is 0.00791. The van der Waals surface area contributed by atoms with Gasteiger partial charge < -0.3 is 15.1 Å². The molecule has 24 heavy (non-hydrogen) atoms. The largest absolute Gasteiger partial charge is 0.349 e. The van der Waals surface area contributed by atoms with Crippen LogP contribution in [0.15, 0.2) is 24.5 Å². The summed E-state index contributed by atoms with van der Waals surface area (Å²) in [4.78, 5) is 31.8. The van der Waals surface area contributed by atoms with Crippen LogP contribution in [-0.2, 0) is 4.79 Å². The molecule has 1 saturated heterocycles. The molecule has 132 valence electrons. The van der Waals surface area contributed by atoms with Crippen LogP contribution in [0.5, 0.6) is 0 Å². The summed E-state index contributed by atoms with van der Waals surface area (Å²) in [5, 5.41) is 3.11. The molecule has 0 spiro atoms. The van der Waals surface area contributed by atoms with Crippen LogP contribution >= 0.6 is 0 Å². The van der Waals surface area contributed by atoms with Crippen molar-refractivity contribution in [1.29, 1.82) is 0 Å². The van der Waals surface area contributed by atoms with Gasteiger partial charge in [0.1, 0.15) is 0 Å². The van der Waals surface area contributed by atoms with E-state index in [1.165, 1.54) is 0 Å². The molecule has 6 nitrogen and oxygen atoms in total. The van der Waals surface area contributed by atoms with Gasteiger partial charge in [0.05, 0.1) is 6.04 Å². The van der Waals surface area contributed by atoms with Crippen LogP contribution in [0.25, 0.3) is 0 Å². The third kappa shape index (κ3) is 4.94. The molecule has 0 aromatic carbocycles. The Morgan fingerprint density at radius 3 is 2.46 bits per heavy atom. The molecular formula is C18H28N4O2. The first-order chi connectivity index (χ1) is 11.5. The van der Waals surface area contributed by atoms with Gasteiger partial charge in [0.2, 0.25) is 5.91 Å². The zero-order chi connectivity index (χ0) is 17.5. The molecule has 1 atom stereocenters. The number of hydrogen-bond donors (Lipinski definition) is 1. The van der Waals surface area contributed by atoms with Crippen LogP contribution in [0.3, 0.4) is 0 Å². The highest BCUT2D eigenvalue weighted by molar-refractivity contribution is 5.76. The number of pyridine rings is 1. The number of amides is 3. The van der Waals surface area contributed by atoms with Gasteiger partial charge in [0, 0.05) is 46.0 Å².